The number of nitrogens with one attached hydrogen (secondary N) is 2. The van der Waals surface area contributed by atoms with E-state index in [9.17, 15) is 4.79 Å². The molecule has 4 heterocycles. The average Bonchev–Trinajstić information content (AvgIpc) is 3.69. The molecule has 1 amide bonds. The minimum Gasteiger partial charge on any atom is -0.369 e. The lowest BCUT2D eigenvalue weighted by atomic mass is 10.1. The number of carbonyl (C=O) groups is 1. The van der Waals surface area contributed by atoms with Gasteiger partial charge in [0.25, 0.3) is 0 Å². The summed E-state index contributed by atoms with van der Waals surface area (Å²) >= 11 is 7.83. The third kappa shape index (κ3) is 6.85. The minimum atomic E-state index is -0.144. The van der Waals surface area contributed by atoms with Gasteiger partial charge in [-0.1, -0.05) is 41.9 Å². The second-order valence-corrected chi connectivity index (χ2v) is 13.1. The largest absolute Gasteiger partial charge is 0.369 e. The zero-order valence-electron chi connectivity index (χ0n) is 26.2. The van der Waals surface area contributed by atoms with E-state index in [0.29, 0.717) is 22.7 Å². The molecule has 0 aliphatic carbocycles. The molecule has 1 saturated heterocycles. The quantitative estimate of drug-likeness (QED) is 0.165. The first-order valence-corrected chi connectivity index (χ1v) is 17.0. The number of imidazole rings is 1. The van der Waals surface area contributed by atoms with Crippen molar-refractivity contribution in [3.8, 4) is 22.6 Å². The molecule has 0 spiro atoms. The summed E-state index contributed by atoms with van der Waals surface area (Å²) < 4.78 is 2.04. The van der Waals surface area contributed by atoms with Crippen LogP contribution in [0.2, 0.25) is 5.02 Å². The lowest BCUT2D eigenvalue weighted by Gasteiger charge is -2.38. The van der Waals surface area contributed by atoms with E-state index in [1.54, 1.807) is 23.6 Å². The SMILES string of the molecule is CC(C)N1CCN(c2ccc(Nc3nccc(-c4c(-c5cccc(NC(=O)Cc6ccccc6Cl)c5)nc5sccn45)n3)cc2)CC1. The lowest BCUT2D eigenvalue weighted by Crippen LogP contribution is -2.48. The van der Waals surface area contributed by atoms with Gasteiger partial charge in [0.1, 0.15) is 5.69 Å². The van der Waals surface area contributed by atoms with Crippen LogP contribution in [0.15, 0.2) is 96.6 Å². The Bertz CT molecular complexity index is 2010. The van der Waals surface area contributed by atoms with Crippen molar-refractivity contribution < 1.29 is 4.79 Å². The molecule has 1 aliphatic rings. The van der Waals surface area contributed by atoms with Crippen molar-refractivity contribution in [1.82, 2.24) is 24.3 Å². The van der Waals surface area contributed by atoms with Crippen LogP contribution in [0.25, 0.3) is 27.6 Å². The molecular formula is C36H35ClN8OS. The fourth-order valence-corrected chi connectivity index (χ4v) is 6.84. The number of aromatic nitrogens is 4. The van der Waals surface area contributed by atoms with E-state index in [1.165, 1.54) is 5.69 Å². The molecular weight excluding hydrogens is 628 g/mol. The highest BCUT2D eigenvalue weighted by Crippen LogP contribution is 2.35. The maximum absolute atomic E-state index is 12.9. The van der Waals surface area contributed by atoms with Crippen molar-refractivity contribution in [2.75, 3.05) is 41.7 Å². The molecule has 0 radical (unpaired) electrons. The molecule has 3 aromatic carbocycles. The first-order valence-electron chi connectivity index (χ1n) is 15.7. The number of piperazine rings is 1. The zero-order valence-corrected chi connectivity index (χ0v) is 27.8. The smallest absolute Gasteiger partial charge is 0.228 e. The molecule has 47 heavy (non-hydrogen) atoms. The van der Waals surface area contributed by atoms with Crippen LogP contribution in [0.1, 0.15) is 19.4 Å². The van der Waals surface area contributed by atoms with Gasteiger partial charge in [0.15, 0.2) is 4.96 Å². The Morgan fingerprint density at radius 1 is 0.936 bits per heavy atom. The molecule has 1 aliphatic heterocycles. The molecule has 238 valence electrons. The Morgan fingerprint density at radius 3 is 2.53 bits per heavy atom. The number of hydrogen-bond acceptors (Lipinski definition) is 8. The van der Waals surface area contributed by atoms with E-state index in [4.69, 9.17) is 21.6 Å². The number of amides is 1. The summed E-state index contributed by atoms with van der Waals surface area (Å²) in [5.74, 6) is 0.354. The van der Waals surface area contributed by atoms with Crippen LogP contribution in [0.3, 0.4) is 0 Å². The van der Waals surface area contributed by atoms with Crippen LogP contribution in [-0.4, -0.2) is 62.4 Å². The predicted octanol–water partition coefficient (Wildman–Crippen LogP) is 7.63. The minimum absolute atomic E-state index is 0.144. The second kappa shape index (κ2) is 13.5. The van der Waals surface area contributed by atoms with Gasteiger partial charge in [-0.25, -0.2) is 15.0 Å². The van der Waals surface area contributed by atoms with Gasteiger partial charge >= 0.3 is 0 Å². The fourth-order valence-electron chi connectivity index (χ4n) is 5.93. The number of benzene rings is 3. The van der Waals surface area contributed by atoms with Gasteiger partial charge in [-0.15, -0.1) is 11.3 Å². The van der Waals surface area contributed by atoms with E-state index in [0.717, 1.165) is 65.0 Å². The number of halogens is 1. The summed E-state index contributed by atoms with van der Waals surface area (Å²) in [7, 11) is 0. The summed E-state index contributed by atoms with van der Waals surface area (Å²) in [6.07, 6.45) is 3.94. The Balaban J connectivity index is 1.10. The summed E-state index contributed by atoms with van der Waals surface area (Å²) in [4.78, 5) is 33.1. The van der Waals surface area contributed by atoms with Gasteiger partial charge in [0.2, 0.25) is 11.9 Å². The summed E-state index contributed by atoms with van der Waals surface area (Å²) in [6.45, 7) is 8.73. The number of rotatable bonds is 9. The summed E-state index contributed by atoms with van der Waals surface area (Å²) in [5, 5.41) is 8.97. The van der Waals surface area contributed by atoms with Crippen molar-refractivity contribution in [1.29, 1.82) is 0 Å². The van der Waals surface area contributed by atoms with Gasteiger partial charge in [0.05, 0.1) is 17.8 Å². The molecule has 0 atom stereocenters. The van der Waals surface area contributed by atoms with E-state index in [1.807, 2.05) is 64.5 Å². The summed E-state index contributed by atoms with van der Waals surface area (Å²) in [6, 6.07) is 26.0. The molecule has 0 saturated carbocycles. The maximum atomic E-state index is 12.9. The molecule has 2 N–H and O–H groups in total. The maximum Gasteiger partial charge on any atom is 0.228 e. The number of hydrogen-bond donors (Lipinski definition) is 2. The van der Waals surface area contributed by atoms with Crippen LogP contribution in [-0.2, 0) is 11.2 Å². The number of carbonyl (C=O) groups excluding carboxylic acids is 1. The average molecular weight is 663 g/mol. The molecule has 3 aromatic heterocycles. The van der Waals surface area contributed by atoms with Crippen molar-refractivity contribution in [3.05, 3.63) is 107 Å². The Labute approximate surface area is 282 Å². The van der Waals surface area contributed by atoms with E-state index >= 15 is 0 Å². The number of thiazole rings is 1. The highest BCUT2D eigenvalue weighted by molar-refractivity contribution is 7.15. The Hall–Kier alpha value is -4.77. The van der Waals surface area contributed by atoms with E-state index < -0.39 is 0 Å². The normalized spacial score (nSPS) is 13.7. The van der Waals surface area contributed by atoms with Crippen LogP contribution in [0.5, 0.6) is 0 Å². The molecule has 6 aromatic rings. The molecule has 0 unspecified atom stereocenters. The molecule has 9 nitrogen and oxygen atoms in total. The van der Waals surface area contributed by atoms with Gasteiger partial charge in [0, 0.05) is 77.6 Å². The van der Waals surface area contributed by atoms with Gasteiger partial charge in [-0.05, 0) is 67.9 Å². The second-order valence-electron chi connectivity index (χ2n) is 11.8. The topological polar surface area (TPSA) is 90.7 Å². The third-order valence-corrected chi connectivity index (χ3v) is 9.55. The van der Waals surface area contributed by atoms with Crippen molar-refractivity contribution in [3.63, 3.8) is 0 Å². The molecule has 1 fully saturated rings. The molecule has 0 bridgehead atoms. The predicted molar refractivity (Wildman–Crippen MR) is 192 cm³/mol. The number of fused-ring (bicyclic) bond motifs is 1. The number of nitrogens with zero attached hydrogens (tertiary/aromatic N) is 6. The number of anilines is 4. The zero-order chi connectivity index (χ0) is 32.3. The van der Waals surface area contributed by atoms with Crippen molar-refractivity contribution in [2.45, 2.75) is 26.3 Å². The van der Waals surface area contributed by atoms with Crippen LogP contribution in [0, 0.1) is 0 Å². The van der Waals surface area contributed by atoms with Crippen LogP contribution >= 0.6 is 22.9 Å². The van der Waals surface area contributed by atoms with Crippen LogP contribution < -0.4 is 15.5 Å². The van der Waals surface area contributed by atoms with Gasteiger partial charge in [-0.3, -0.25) is 14.1 Å². The lowest BCUT2D eigenvalue weighted by molar-refractivity contribution is -0.115. The standard InChI is InChI=1S/C36H35ClN8OS/c1-24(2)43-16-18-44(19-17-43)29-12-10-27(11-13-29)40-35-38-15-14-31(41-35)34-33(42-36-45(34)20-21-47-36)26-7-5-8-28(22-26)39-32(46)23-25-6-3-4-9-30(25)37/h3-15,20-22,24H,16-19,23H2,1-2H3,(H,39,46)(H,38,40,41). The molecule has 7 rings (SSSR count). The monoisotopic (exact) mass is 662 g/mol. The van der Waals surface area contributed by atoms with Crippen molar-refractivity contribution >= 4 is 56.8 Å². The van der Waals surface area contributed by atoms with Crippen LogP contribution in [0.4, 0.5) is 23.0 Å². The van der Waals surface area contributed by atoms with Crippen molar-refractivity contribution in [2.24, 2.45) is 0 Å². The van der Waals surface area contributed by atoms with Gasteiger partial charge in [-0.2, -0.15) is 0 Å². The van der Waals surface area contributed by atoms with E-state index in [-0.39, 0.29) is 12.3 Å². The fraction of sp³-hybridized carbons (Fsp3) is 0.222. The third-order valence-electron chi connectivity index (χ3n) is 8.42. The Morgan fingerprint density at radius 2 is 1.74 bits per heavy atom. The Kier molecular flexibility index (Phi) is 8.88. The first kappa shape index (κ1) is 30.9. The highest BCUT2D eigenvalue weighted by Gasteiger charge is 2.21. The summed E-state index contributed by atoms with van der Waals surface area (Å²) in [5.41, 5.74) is 6.81. The highest BCUT2D eigenvalue weighted by atomic mass is 35.5. The first-order chi connectivity index (χ1) is 22.9. The van der Waals surface area contributed by atoms with E-state index in [2.05, 4.69) is 63.5 Å². The van der Waals surface area contributed by atoms with Gasteiger partial charge < -0.3 is 15.5 Å². The molecule has 11 heteroatoms.